The van der Waals surface area contributed by atoms with Crippen LogP contribution in [-0.4, -0.2) is 24.2 Å². The van der Waals surface area contributed by atoms with Gasteiger partial charge in [0.1, 0.15) is 0 Å². The van der Waals surface area contributed by atoms with Crippen LogP contribution in [0.15, 0.2) is 0 Å². The third-order valence-corrected chi connectivity index (χ3v) is 3.06. The minimum absolute atomic E-state index is 0. The molecular formula is C10H23NaO4S. The van der Waals surface area contributed by atoms with Crippen LogP contribution in [0.1, 0.15) is 58.3 Å². The molecule has 0 unspecified atom stereocenters. The van der Waals surface area contributed by atoms with Gasteiger partial charge in [-0.15, -0.1) is 0 Å². The standard InChI is InChI=1S/C10H22O3S.Na.H2O/c1-2-3-4-5-6-7-8-9-10-14(11,12)13;;/h2-10H2,1H3,(H,11,12,13);;1H2/q;+1;/p-1. The van der Waals surface area contributed by atoms with E-state index in [1.54, 1.807) is 0 Å². The van der Waals surface area contributed by atoms with Crippen molar-refractivity contribution in [3.05, 3.63) is 0 Å². The molecule has 0 aromatic rings. The second-order valence-electron chi connectivity index (χ2n) is 3.76. The van der Waals surface area contributed by atoms with Crippen molar-refractivity contribution in [2.75, 3.05) is 5.75 Å². The van der Waals surface area contributed by atoms with Crippen LogP contribution in [0, 0.1) is 0 Å². The summed E-state index contributed by atoms with van der Waals surface area (Å²) in [6.45, 7) is 2.19. The van der Waals surface area contributed by atoms with E-state index >= 15 is 0 Å². The molecule has 0 aliphatic heterocycles. The van der Waals surface area contributed by atoms with E-state index in [2.05, 4.69) is 6.92 Å². The van der Waals surface area contributed by atoms with E-state index in [4.69, 9.17) is 4.55 Å². The molecule has 94 valence electrons. The Morgan fingerprint density at radius 2 is 1.25 bits per heavy atom. The first-order chi connectivity index (χ1) is 6.56. The summed E-state index contributed by atoms with van der Waals surface area (Å²) in [5.74, 6) is -0.0814. The Morgan fingerprint density at radius 1 is 0.875 bits per heavy atom. The Kier molecular flexibility index (Phi) is 19.2. The zero-order valence-corrected chi connectivity index (χ0v) is 13.3. The van der Waals surface area contributed by atoms with Crippen molar-refractivity contribution in [1.29, 1.82) is 0 Å². The molecule has 16 heavy (non-hydrogen) atoms. The van der Waals surface area contributed by atoms with Gasteiger partial charge in [0.25, 0.3) is 10.1 Å². The molecule has 0 saturated carbocycles. The van der Waals surface area contributed by atoms with Crippen molar-refractivity contribution in [3.63, 3.8) is 0 Å². The first-order valence-electron chi connectivity index (χ1n) is 5.51. The predicted molar refractivity (Wildman–Crippen MR) is 61.0 cm³/mol. The topological polar surface area (TPSA) is 84.4 Å². The van der Waals surface area contributed by atoms with E-state index in [1.165, 1.54) is 32.1 Å². The third-order valence-electron chi connectivity index (χ3n) is 2.26. The summed E-state index contributed by atoms with van der Waals surface area (Å²) in [4.78, 5) is 0. The minimum atomic E-state index is -3.73. The van der Waals surface area contributed by atoms with E-state index in [1.807, 2.05) is 0 Å². The Morgan fingerprint density at radius 3 is 1.62 bits per heavy atom. The molecule has 0 aliphatic carbocycles. The fraction of sp³-hybridized carbons (Fsp3) is 1.00. The quantitative estimate of drug-likeness (QED) is 0.355. The van der Waals surface area contributed by atoms with Gasteiger partial charge in [-0.3, -0.25) is 4.55 Å². The molecule has 0 fully saturated rings. The van der Waals surface area contributed by atoms with Crippen molar-refractivity contribution in [3.8, 4) is 0 Å². The van der Waals surface area contributed by atoms with Gasteiger partial charge < -0.3 is 5.48 Å². The number of rotatable bonds is 9. The zero-order chi connectivity index (χ0) is 10.9. The van der Waals surface area contributed by atoms with Crippen LogP contribution in [0.5, 0.6) is 0 Å². The molecule has 0 radical (unpaired) electrons. The fourth-order valence-corrected chi connectivity index (χ4v) is 1.99. The van der Waals surface area contributed by atoms with Crippen molar-refractivity contribution in [1.82, 2.24) is 0 Å². The van der Waals surface area contributed by atoms with Gasteiger partial charge in [0, 0.05) is 0 Å². The van der Waals surface area contributed by atoms with Gasteiger partial charge in [0.05, 0.1) is 5.75 Å². The molecule has 0 heterocycles. The first kappa shape index (κ1) is 22.1. The SMILES string of the molecule is CCCCCCCCCCS(=O)(=O)O.[Na+].[OH-]. The third kappa shape index (κ3) is 20.3. The summed E-state index contributed by atoms with van der Waals surface area (Å²) < 4.78 is 29.2. The summed E-state index contributed by atoms with van der Waals surface area (Å²) in [5.41, 5.74) is 0. The summed E-state index contributed by atoms with van der Waals surface area (Å²) in [6, 6.07) is 0. The van der Waals surface area contributed by atoms with Gasteiger partial charge in [0.15, 0.2) is 0 Å². The molecule has 0 saturated heterocycles. The maximum atomic E-state index is 10.4. The molecule has 0 aliphatic rings. The summed E-state index contributed by atoms with van der Waals surface area (Å²) in [6.07, 6.45) is 8.85. The molecule has 0 amide bonds. The van der Waals surface area contributed by atoms with Crippen molar-refractivity contribution in [2.45, 2.75) is 58.3 Å². The second kappa shape index (κ2) is 13.9. The van der Waals surface area contributed by atoms with Gasteiger partial charge in [-0.05, 0) is 6.42 Å². The molecule has 0 aromatic heterocycles. The molecule has 0 rings (SSSR count). The van der Waals surface area contributed by atoms with Crippen LogP contribution in [0.25, 0.3) is 0 Å². The van der Waals surface area contributed by atoms with Crippen LogP contribution in [0.2, 0.25) is 0 Å². The predicted octanol–water partition coefficient (Wildman–Crippen LogP) is -0.158. The van der Waals surface area contributed by atoms with E-state index in [0.717, 1.165) is 12.8 Å². The Bertz CT molecular complexity index is 217. The van der Waals surface area contributed by atoms with Gasteiger partial charge in [0.2, 0.25) is 0 Å². The smallest absolute Gasteiger partial charge is 0.870 e. The van der Waals surface area contributed by atoms with Crippen LogP contribution < -0.4 is 29.6 Å². The maximum Gasteiger partial charge on any atom is 1.00 e. The van der Waals surface area contributed by atoms with Crippen molar-refractivity contribution in [2.24, 2.45) is 0 Å². The van der Waals surface area contributed by atoms with Gasteiger partial charge in [-0.2, -0.15) is 8.42 Å². The van der Waals surface area contributed by atoms with E-state index in [9.17, 15) is 8.42 Å². The number of unbranched alkanes of at least 4 members (excludes halogenated alkanes) is 7. The molecule has 0 aromatic carbocycles. The number of hydrogen-bond donors (Lipinski definition) is 1. The summed E-state index contributed by atoms with van der Waals surface area (Å²) >= 11 is 0. The number of hydrogen-bond acceptors (Lipinski definition) is 3. The van der Waals surface area contributed by atoms with E-state index < -0.39 is 10.1 Å². The molecule has 0 spiro atoms. The molecule has 0 bridgehead atoms. The van der Waals surface area contributed by atoms with Crippen LogP contribution >= 0.6 is 0 Å². The summed E-state index contributed by atoms with van der Waals surface area (Å²) in [7, 11) is -3.73. The summed E-state index contributed by atoms with van der Waals surface area (Å²) in [5, 5.41) is 0. The van der Waals surface area contributed by atoms with Crippen LogP contribution in [-0.2, 0) is 10.1 Å². The second-order valence-corrected chi connectivity index (χ2v) is 5.33. The monoisotopic (exact) mass is 262 g/mol. The molecule has 2 N–H and O–H groups in total. The molecule has 0 atom stereocenters. The molecule has 6 heteroatoms. The Labute approximate surface area is 122 Å². The van der Waals surface area contributed by atoms with Gasteiger partial charge in [-0.1, -0.05) is 51.9 Å². The van der Waals surface area contributed by atoms with E-state index in [-0.39, 0.29) is 40.8 Å². The van der Waals surface area contributed by atoms with Crippen molar-refractivity contribution >= 4 is 10.1 Å². The zero-order valence-electron chi connectivity index (χ0n) is 10.5. The minimum Gasteiger partial charge on any atom is -0.870 e. The van der Waals surface area contributed by atoms with Crippen LogP contribution in [0.3, 0.4) is 0 Å². The normalized spacial score (nSPS) is 10.4. The van der Waals surface area contributed by atoms with Gasteiger partial charge in [-0.25, -0.2) is 0 Å². The maximum absolute atomic E-state index is 10.4. The Hall–Kier alpha value is 0.870. The van der Waals surface area contributed by atoms with Crippen LogP contribution in [0.4, 0.5) is 0 Å². The van der Waals surface area contributed by atoms with Crippen molar-refractivity contribution < 1.29 is 48.0 Å². The average molecular weight is 262 g/mol. The average Bonchev–Trinajstić information content (AvgIpc) is 2.08. The molecule has 4 nitrogen and oxygen atoms in total. The Balaban J connectivity index is -0.000000845. The van der Waals surface area contributed by atoms with Gasteiger partial charge >= 0.3 is 29.6 Å². The fourth-order valence-electron chi connectivity index (χ4n) is 1.42. The van der Waals surface area contributed by atoms with E-state index in [0.29, 0.717) is 6.42 Å². The molecular weight excluding hydrogens is 239 g/mol. The first-order valence-corrected chi connectivity index (χ1v) is 7.12. The largest absolute Gasteiger partial charge is 1.00 e.